The largest absolute Gasteiger partial charge is 0.379 e. The molecule has 1 aromatic rings. The highest BCUT2D eigenvalue weighted by molar-refractivity contribution is 7.87. The average molecular weight is 412 g/mol. The molecule has 1 aliphatic heterocycles. The summed E-state index contributed by atoms with van der Waals surface area (Å²) in [5, 5.41) is 0. The number of morpholine rings is 1. The zero-order chi connectivity index (χ0) is 20.4. The molecular weight excluding hydrogens is 374 g/mol. The van der Waals surface area contributed by atoms with Crippen LogP contribution in [-0.2, 0) is 14.9 Å². The van der Waals surface area contributed by atoms with Gasteiger partial charge in [0, 0.05) is 38.8 Å². The molecule has 6 nitrogen and oxygen atoms in total. The van der Waals surface area contributed by atoms with E-state index in [9.17, 15) is 8.42 Å². The molecule has 1 fully saturated rings. The van der Waals surface area contributed by atoms with E-state index in [0.717, 1.165) is 44.3 Å². The van der Waals surface area contributed by atoms with Gasteiger partial charge in [-0.15, -0.1) is 0 Å². The number of aryl methyl sites for hydroxylation is 1. The zero-order valence-electron chi connectivity index (χ0n) is 17.7. The molecule has 7 heteroatoms. The Bertz CT molecular complexity index is 650. The van der Waals surface area contributed by atoms with Gasteiger partial charge in [0.25, 0.3) is 10.2 Å². The van der Waals surface area contributed by atoms with Crippen molar-refractivity contribution >= 4 is 10.2 Å². The maximum Gasteiger partial charge on any atom is 0.279 e. The molecule has 28 heavy (non-hydrogen) atoms. The third kappa shape index (κ3) is 7.12. The van der Waals surface area contributed by atoms with Crippen LogP contribution in [0, 0.1) is 6.92 Å². The summed E-state index contributed by atoms with van der Waals surface area (Å²) >= 11 is 0. The van der Waals surface area contributed by atoms with Gasteiger partial charge >= 0.3 is 0 Å². The highest BCUT2D eigenvalue weighted by Gasteiger charge is 2.27. The molecule has 1 aliphatic rings. The Morgan fingerprint density at radius 3 is 2.18 bits per heavy atom. The lowest BCUT2D eigenvalue weighted by Crippen LogP contribution is -2.47. The van der Waals surface area contributed by atoms with Crippen LogP contribution in [0.4, 0.5) is 0 Å². The molecule has 0 aromatic heterocycles. The minimum Gasteiger partial charge on any atom is -0.379 e. The van der Waals surface area contributed by atoms with Crippen molar-refractivity contribution in [3.05, 3.63) is 35.4 Å². The topological polar surface area (TPSA) is 61.9 Å². The third-order valence-electron chi connectivity index (χ3n) is 5.27. The van der Waals surface area contributed by atoms with Crippen LogP contribution < -0.4 is 4.72 Å². The summed E-state index contributed by atoms with van der Waals surface area (Å²) < 4.78 is 36.0. The molecule has 1 atom stereocenters. The second kappa shape index (κ2) is 11.9. The lowest BCUT2D eigenvalue weighted by atomic mass is 10.0. The SMILES string of the molecule is CCCCN(CCCC)S(=O)(=O)NCC(c1ccc(C)cc1)N1CCOCC1. The van der Waals surface area contributed by atoms with Crippen LogP contribution >= 0.6 is 0 Å². The molecule has 0 radical (unpaired) electrons. The Kier molecular flexibility index (Phi) is 9.88. The van der Waals surface area contributed by atoms with Crippen LogP contribution in [0.15, 0.2) is 24.3 Å². The molecule has 0 saturated carbocycles. The van der Waals surface area contributed by atoms with Gasteiger partial charge in [0.15, 0.2) is 0 Å². The van der Waals surface area contributed by atoms with Crippen LogP contribution in [-0.4, -0.2) is 63.6 Å². The van der Waals surface area contributed by atoms with Crippen LogP contribution in [0.1, 0.15) is 56.7 Å². The number of hydrogen-bond donors (Lipinski definition) is 1. The van der Waals surface area contributed by atoms with E-state index in [1.165, 1.54) is 5.56 Å². The lowest BCUT2D eigenvalue weighted by Gasteiger charge is -2.35. The summed E-state index contributed by atoms with van der Waals surface area (Å²) in [5.74, 6) is 0. The van der Waals surface area contributed by atoms with Gasteiger partial charge in [-0.1, -0.05) is 56.5 Å². The Balaban J connectivity index is 2.11. The minimum atomic E-state index is -3.49. The first kappa shape index (κ1) is 23.3. The van der Waals surface area contributed by atoms with Gasteiger partial charge in [-0.3, -0.25) is 4.90 Å². The van der Waals surface area contributed by atoms with E-state index in [1.807, 2.05) is 0 Å². The van der Waals surface area contributed by atoms with Crippen LogP contribution in [0.5, 0.6) is 0 Å². The van der Waals surface area contributed by atoms with E-state index in [2.05, 4.69) is 54.7 Å². The van der Waals surface area contributed by atoms with Crippen molar-refractivity contribution < 1.29 is 13.2 Å². The van der Waals surface area contributed by atoms with Gasteiger partial charge in [-0.2, -0.15) is 12.7 Å². The van der Waals surface area contributed by atoms with Gasteiger partial charge in [0.05, 0.1) is 13.2 Å². The number of nitrogens with zero attached hydrogens (tertiary/aromatic N) is 2. The first-order chi connectivity index (χ1) is 13.5. The predicted octanol–water partition coefficient (Wildman–Crippen LogP) is 3.10. The molecule has 1 N–H and O–H groups in total. The van der Waals surface area contributed by atoms with Crippen molar-refractivity contribution in [2.24, 2.45) is 0 Å². The molecule has 0 spiro atoms. The van der Waals surface area contributed by atoms with Crippen molar-refractivity contribution in [2.75, 3.05) is 45.9 Å². The first-order valence-electron chi connectivity index (χ1n) is 10.6. The summed E-state index contributed by atoms with van der Waals surface area (Å²) in [6.45, 7) is 10.8. The molecule has 0 amide bonds. The highest BCUT2D eigenvalue weighted by Crippen LogP contribution is 2.22. The van der Waals surface area contributed by atoms with Gasteiger partial charge in [-0.25, -0.2) is 4.72 Å². The Morgan fingerprint density at radius 2 is 1.64 bits per heavy atom. The molecule has 160 valence electrons. The van der Waals surface area contributed by atoms with E-state index in [1.54, 1.807) is 4.31 Å². The molecular formula is C21H37N3O3S. The maximum atomic E-state index is 13.0. The monoisotopic (exact) mass is 411 g/mol. The Morgan fingerprint density at radius 1 is 1.07 bits per heavy atom. The van der Waals surface area contributed by atoms with E-state index in [-0.39, 0.29) is 6.04 Å². The number of rotatable bonds is 12. The van der Waals surface area contributed by atoms with E-state index in [0.29, 0.717) is 32.8 Å². The number of ether oxygens (including phenoxy) is 1. The molecule has 1 heterocycles. The maximum absolute atomic E-state index is 13.0. The van der Waals surface area contributed by atoms with Crippen molar-refractivity contribution in [3.8, 4) is 0 Å². The van der Waals surface area contributed by atoms with Gasteiger partial charge < -0.3 is 4.74 Å². The quantitative estimate of drug-likeness (QED) is 0.574. The molecule has 1 unspecified atom stereocenters. The average Bonchev–Trinajstić information content (AvgIpc) is 2.70. The predicted molar refractivity (Wildman–Crippen MR) is 115 cm³/mol. The number of hydrogen-bond acceptors (Lipinski definition) is 4. The van der Waals surface area contributed by atoms with Crippen molar-refractivity contribution in [2.45, 2.75) is 52.5 Å². The van der Waals surface area contributed by atoms with Crippen molar-refractivity contribution in [1.82, 2.24) is 13.9 Å². The summed E-state index contributed by atoms with van der Waals surface area (Å²) in [6.07, 6.45) is 3.74. The molecule has 1 saturated heterocycles. The van der Waals surface area contributed by atoms with Crippen LogP contribution in [0.25, 0.3) is 0 Å². The van der Waals surface area contributed by atoms with Crippen LogP contribution in [0.3, 0.4) is 0 Å². The van der Waals surface area contributed by atoms with Crippen molar-refractivity contribution in [3.63, 3.8) is 0 Å². The van der Waals surface area contributed by atoms with Crippen molar-refractivity contribution in [1.29, 1.82) is 0 Å². The number of unbranched alkanes of at least 4 members (excludes halogenated alkanes) is 2. The van der Waals surface area contributed by atoms with E-state index in [4.69, 9.17) is 4.74 Å². The first-order valence-corrected chi connectivity index (χ1v) is 12.0. The molecule has 0 bridgehead atoms. The fourth-order valence-corrected chi connectivity index (χ4v) is 4.72. The fraction of sp³-hybridized carbons (Fsp3) is 0.714. The van der Waals surface area contributed by atoms with Gasteiger partial charge in [0.2, 0.25) is 0 Å². The molecule has 2 rings (SSSR count). The molecule has 0 aliphatic carbocycles. The number of nitrogens with one attached hydrogen (secondary N) is 1. The summed E-state index contributed by atoms with van der Waals surface area (Å²) in [7, 11) is -3.49. The minimum absolute atomic E-state index is 0.0125. The van der Waals surface area contributed by atoms with Gasteiger partial charge in [0.1, 0.15) is 0 Å². The standard InChI is InChI=1S/C21H37N3O3S/c1-4-6-12-24(13-7-5-2)28(25,26)22-18-21(23-14-16-27-17-15-23)20-10-8-19(3)9-11-20/h8-11,21-22H,4-7,12-18H2,1-3H3. The summed E-state index contributed by atoms with van der Waals surface area (Å²) in [4.78, 5) is 2.32. The second-order valence-electron chi connectivity index (χ2n) is 7.53. The third-order valence-corrected chi connectivity index (χ3v) is 6.85. The van der Waals surface area contributed by atoms with Crippen LogP contribution in [0.2, 0.25) is 0 Å². The normalized spacial score (nSPS) is 17.1. The zero-order valence-corrected chi connectivity index (χ0v) is 18.5. The fourth-order valence-electron chi connectivity index (χ4n) is 3.43. The smallest absolute Gasteiger partial charge is 0.279 e. The Labute approximate surface area is 171 Å². The highest BCUT2D eigenvalue weighted by atomic mass is 32.2. The van der Waals surface area contributed by atoms with E-state index < -0.39 is 10.2 Å². The summed E-state index contributed by atoms with van der Waals surface area (Å²) in [6, 6.07) is 8.40. The lowest BCUT2D eigenvalue weighted by molar-refractivity contribution is 0.0171. The molecule has 1 aromatic carbocycles. The Hall–Kier alpha value is -0.990. The van der Waals surface area contributed by atoms with E-state index >= 15 is 0 Å². The second-order valence-corrected chi connectivity index (χ2v) is 9.29. The summed E-state index contributed by atoms with van der Waals surface area (Å²) in [5.41, 5.74) is 2.35. The van der Waals surface area contributed by atoms with Gasteiger partial charge in [-0.05, 0) is 25.3 Å². The number of benzene rings is 1.